The van der Waals surface area contributed by atoms with Crippen LogP contribution in [0, 0.1) is 0 Å². The van der Waals surface area contributed by atoms with Gasteiger partial charge in [-0.15, -0.1) is 0 Å². The number of benzene rings is 1. The molecule has 0 aliphatic heterocycles. The van der Waals surface area contributed by atoms with Crippen molar-refractivity contribution in [2.24, 2.45) is 0 Å². The molecule has 0 radical (unpaired) electrons. The Bertz CT molecular complexity index is 316. The number of hydrogen-bond acceptors (Lipinski definition) is 2. The molecule has 14 heavy (non-hydrogen) atoms. The summed E-state index contributed by atoms with van der Waals surface area (Å²) >= 11 is 0. The van der Waals surface area contributed by atoms with Gasteiger partial charge in [-0.05, 0) is 37.6 Å². The van der Waals surface area contributed by atoms with E-state index in [1.165, 1.54) is 0 Å². The summed E-state index contributed by atoms with van der Waals surface area (Å²) in [4.78, 5) is 0. The van der Waals surface area contributed by atoms with Crippen molar-refractivity contribution in [2.45, 2.75) is 19.9 Å². The van der Waals surface area contributed by atoms with Crippen LogP contribution in [0.5, 0.6) is 0 Å². The highest BCUT2D eigenvalue weighted by Gasteiger charge is 2.00. The lowest BCUT2D eigenvalue weighted by Gasteiger charge is -2.12. The molecule has 0 saturated heterocycles. The lowest BCUT2D eigenvalue weighted by Crippen LogP contribution is -2.09. The van der Waals surface area contributed by atoms with Crippen LogP contribution >= 0.6 is 0 Å². The van der Waals surface area contributed by atoms with Gasteiger partial charge in [-0.2, -0.15) is 0 Å². The van der Waals surface area contributed by atoms with Gasteiger partial charge in [0.2, 0.25) is 0 Å². The minimum Gasteiger partial charge on any atom is -0.388 e. The summed E-state index contributed by atoms with van der Waals surface area (Å²) in [6.07, 6.45) is 1.86. The summed E-state index contributed by atoms with van der Waals surface area (Å²) in [5.41, 5.74) is 3.36. The molecule has 2 N–H and O–H groups in total. The summed E-state index contributed by atoms with van der Waals surface area (Å²) in [5, 5.41) is 6.48. The van der Waals surface area contributed by atoms with Gasteiger partial charge in [0.1, 0.15) is 0 Å². The van der Waals surface area contributed by atoms with Crippen LogP contribution in [0.25, 0.3) is 6.08 Å². The van der Waals surface area contributed by atoms with E-state index in [0.29, 0.717) is 6.04 Å². The normalized spacial score (nSPS) is 10.0. The third-order valence-corrected chi connectivity index (χ3v) is 2.00. The van der Waals surface area contributed by atoms with Crippen molar-refractivity contribution in [1.82, 2.24) is 0 Å². The van der Waals surface area contributed by atoms with Crippen molar-refractivity contribution in [1.29, 1.82) is 0 Å². The number of rotatable bonds is 4. The molecule has 0 saturated carbocycles. The molecule has 0 aliphatic rings. The molecule has 0 aromatic heterocycles. The summed E-state index contributed by atoms with van der Waals surface area (Å²) in [7, 11) is 1.91. The van der Waals surface area contributed by atoms with Crippen molar-refractivity contribution >= 4 is 17.5 Å². The van der Waals surface area contributed by atoms with E-state index in [4.69, 9.17) is 0 Å². The molecular formula is C12H18N2. The minimum atomic E-state index is 0.452. The van der Waals surface area contributed by atoms with Gasteiger partial charge in [-0.3, -0.25) is 0 Å². The highest BCUT2D eigenvalue weighted by atomic mass is 14.9. The lowest BCUT2D eigenvalue weighted by atomic mass is 10.1. The quantitative estimate of drug-likeness (QED) is 0.762. The zero-order valence-corrected chi connectivity index (χ0v) is 9.09. The SMILES string of the molecule is C=Cc1cc(NC(C)C)ccc1NC. The monoisotopic (exact) mass is 190 g/mol. The fourth-order valence-corrected chi connectivity index (χ4v) is 1.38. The minimum absolute atomic E-state index is 0.452. The molecule has 0 spiro atoms. The highest BCUT2D eigenvalue weighted by molar-refractivity contribution is 5.70. The standard InChI is InChI=1S/C12H18N2/c1-5-10-8-11(14-9(2)3)6-7-12(10)13-4/h5-9,13-14H,1H2,2-4H3. The molecule has 1 aromatic carbocycles. The van der Waals surface area contributed by atoms with E-state index in [2.05, 4.69) is 49.3 Å². The Kier molecular flexibility index (Phi) is 3.57. The Morgan fingerprint density at radius 2 is 2.07 bits per heavy atom. The molecule has 2 nitrogen and oxygen atoms in total. The number of hydrogen-bond donors (Lipinski definition) is 2. The Balaban J connectivity index is 2.95. The fraction of sp³-hybridized carbons (Fsp3) is 0.333. The molecule has 0 atom stereocenters. The second-order valence-corrected chi connectivity index (χ2v) is 3.56. The summed E-state index contributed by atoms with van der Waals surface area (Å²) in [6.45, 7) is 8.04. The molecule has 76 valence electrons. The predicted octanol–water partition coefficient (Wildman–Crippen LogP) is 3.19. The molecule has 0 bridgehead atoms. The molecule has 0 unspecified atom stereocenters. The molecule has 2 heteroatoms. The summed E-state index contributed by atoms with van der Waals surface area (Å²) in [5.74, 6) is 0. The molecule has 0 fully saturated rings. The first kappa shape index (κ1) is 10.6. The van der Waals surface area contributed by atoms with E-state index < -0.39 is 0 Å². The maximum absolute atomic E-state index is 3.79. The van der Waals surface area contributed by atoms with Crippen LogP contribution in [0.3, 0.4) is 0 Å². The molecular weight excluding hydrogens is 172 g/mol. The van der Waals surface area contributed by atoms with Crippen molar-refractivity contribution in [2.75, 3.05) is 17.7 Å². The largest absolute Gasteiger partial charge is 0.388 e. The van der Waals surface area contributed by atoms with Crippen molar-refractivity contribution in [3.63, 3.8) is 0 Å². The zero-order valence-electron chi connectivity index (χ0n) is 9.09. The van der Waals surface area contributed by atoms with Crippen LogP contribution in [0.2, 0.25) is 0 Å². The Labute approximate surface area is 86.0 Å². The van der Waals surface area contributed by atoms with Gasteiger partial charge in [0.25, 0.3) is 0 Å². The van der Waals surface area contributed by atoms with Crippen LogP contribution in [-0.4, -0.2) is 13.1 Å². The predicted molar refractivity (Wildman–Crippen MR) is 64.8 cm³/mol. The first-order valence-electron chi connectivity index (χ1n) is 4.88. The summed E-state index contributed by atoms with van der Waals surface area (Å²) < 4.78 is 0. The third-order valence-electron chi connectivity index (χ3n) is 2.00. The smallest absolute Gasteiger partial charge is 0.0412 e. The molecule has 0 amide bonds. The second-order valence-electron chi connectivity index (χ2n) is 3.56. The Morgan fingerprint density at radius 3 is 2.57 bits per heavy atom. The van der Waals surface area contributed by atoms with Gasteiger partial charge in [0.05, 0.1) is 0 Å². The van der Waals surface area contributed by atoms with Gasteiger partial charge >= 0.3 is 0 Å². The maximum atomic E-state index is 3.79. The Morgan fingerprint density at radius 1 is 1.36 bits per heavy atom. The first-order chi connectivity index (χ1) is 6.67. The first-order valence-corrected chi connectivity index (χ1v) is 4.88. The lowest BCUT2D eigenvalue weighted by molar-refractivity contribution is 0.900. The highest BCUT2D eigenvalue weighted by Crippen LogP contribution is 2.21. The van der Waals surface area contributed by atoms with Gasteiger partial charge in [-0.1, -0.05) is 12.7 Å². The fourth-order valence-electron chi connectivity index (χ4n) is 1.38. The maximum Gasteiger partial charge on any atom is 0.0412 e. The van der Waals surface area contributed by atoms with Crippen LogP contribution in [0.1, 0.15) is 19.4 Å². The average molecular weight is 190 g/mol. The van der Waals surface area contributed by atoms with Crippen molar-refractivity contribution in [3.05, 3.63) is 30.3 Å². The van der Waals surface area contributed by atoms with Gasteiger partial charge in [0.15, 0.2) is 0 Å². The van der Waals surface area contributed by atoms with Crippen molar-refractivity contribution < 1.29 is 0 Å². The molecule has 0 aliphatic carbocycles. The van der Waals surface area contributed by atoms with Crippen LogP contribution in [0.4, 0.5) is 11.4 Å². The van der Waals surface area contributed by atoms with E-state index in [0.717, 1.165) is 16.9 Å². The third kappa shape index (κ3) is 2.52. The zero-order chi connectivity index (χ0) is 10.6. The molecule has 1 rings (SSSR count). The topological polar surface area (TPSA) is 24.1 Å². The molecule has 1 aromatic rings. The van der Waals surface area contributed by atoms with E-state index in [1.807, 2.05) is 13.1 Å². The summed E-state index contributed by atoms with van der Waals surface area (Å²) in [6, 6.07) is 6.67. The van der Waals surface area contributed by atoms with Crippen LogP contribution in [0.15, 0.2) is 24.8 Å². The van der Waals surface area contributed by atoms with Crippen LogP contribution in [-0.2, 0) is 0 Å². The van der Waals surface area contributed by atoms with Crippen molar-refractivity contribution in [3.8, 4) is 0 Å². The van der Waals surface area contributed by atoms with Gasteiger partial charge in [0, 0.05) is 24.5 Å². The second kappa shape index (κ2) is 4.70. The number of nitrogens with one attached hydrogen (secondary N) is 2. The number of anilines is 2. The average Bonchev–Trinajstić information content (AvgIpc) is 2.16. The Hall–Kier alpha value is -1.44. The van der Waals surface area contributed by atoms with E-state index >= 15 is 0 Å². The van der Waals surface area contributed by atoms with Crippen LogP contribution < -0.4 is 10.6 Å². The van der Waals surface area contributed by atoms with Gasteiger partial charge in [-0.25, -0.2) is 0 Å². The molecule has 0 heterocycles. The van der Waals surface area contributed by atoms with Gasteiger partial charge < -0.3 is 10.6 Å². The van der Waals surface area contributed by atoms with E-state index in [9.17, 15) is 0 Å². The van der Waals surface area contributed by atoms with E-state index in [1.54, 1.807) is 0 Å². The van der Waals surface area contributed by atoms with E-state index in [-0.39, 0.29) is 0 Å².